The van der Waals surface area contributed by atoms with E-state index in [2.05, 4.69) is 6.07 Å². The van der Waals surface area contributed by atoms with E-state index in [1.54, 1.807) is 13.8 Å². The maximum Gasteiger partial charge on any atom is 0.311 e. The minimum atomic E-state index is -0.798. The highest BCUT2D eigenvalue weighted by Crippen LogP contribution is 2.31. The molecular weight excluding hydrogens is 326 g/mol. The zero-order chi connectivity index (χ0) is 18.9. The molecule has 0 bridgehead atoms. The molecule has 7 nitrogen and oxygen atoms in total. The van der Waals surface area contributed by atoms with Crippen molar-refractivity contribution >= 4 is 11.9 Å². The molecule has 0 N–H and O–H groups in total. The molecule has 7 heteroatoms. The van der Waals surface area contributed by atoms with Gasteiger partial charge in [-0.1, -0.05) is 6.92 Å². The zero-order valence-corrected chi connectivity index (χ0v) is 15.6. The van der Waals surface area contributed by atoms with Crippen molar-refractivity contribution in [1.29, 1.82) is 5.26 Å². The number of ether oxygens (including phenoxy) is 4. The van der Waals surface area contributed by atoms with Gasteiger partial charge >= 0.3 is 11.9 Å². The first-order valence-electron chi connectivity index (χ1n) is 8.68. The molecule has 0 aromatic heterocycles. The Bertz CT molecular complexity index is 480. The molecule has 0 spiro atoms. The number of nitriles is 1. The zero-order valence-electron chi connectivity index (χ0n) is 15.6. The van der Waals surface area contributed by atoms with Crippen LogP contribution < -0.4 is 0 Å². The maximum atomic E-state index is 12.2. The van der Waals surface area contributed by atoms with Crippen molar-refractivity contribution in [2.45, 2.75) is 46.1 Å². The smallest absolute Gasteiger partial charge is 0.311 e. The lowest BCUT2D eigenvalue weighted by atomic mass is 9.79. The van der Waals surface area contributed by atoms with Gasteiger partial charge in [-0.25, -0.2) is 0 Å². The SMILES string of the molecule is CCC(CC(C#N)CC(C)(C)C(=O)OCC1CO1)C(=O)OCCOC. The van der Waals surface area contributed by atoms with Crippen LogP contribution in [0.4, 0.5) is 0 Å². The fraction of sp³-hybridized carbons (Fsp3) is 0.833. The topological polar surface area (TPSA) is 98.2 Å². The molecule has 1 heterocycles. The van der Waals surface area contributed by atoms with Crippen LogP contribution in [-0.4, -0.2) is 51.6 Å². The van der Waals surface area contributed by atoms with Gasteiger partial charge in [-0.05, 0) is 33.1 Å². The third-order valence-electron chi connectivity index (χ3n) is 4.22. The Labute approximate surface area is 149 Å². The summed E-state index contributed by atoms with van der Waals surface area (Å²) in [5.41, 5.74) is -0.798. The van der Waals surface area contributed by atoms with Gasteiger partial charge in [-0.15, -0.1) is 0 Å². The molecule has 1 fully saturated rings. The van der Waals surface area contributed by atoms with Crippen LogP contribution >= 0.6 is 0 Å². The van der Waals surface area contributed by atoms with Gasteiger partial charge in [0.2, 0.25) is 0 Å². The number of rotatable bonds is 12. The monoisotopic (exact) mass is 355 g/mol. The van der Waals surface area contributed by atoms with Gasteiger partial charge in [0.15, 0.2) is 0 Å². The van der Waals surface area contributed by atoms with Crippen molar-refractivity contribution < 1.29 is 28.5 Å². The Balaban J connectivity index is 2.52. The van der Waals surface area contributed by atoms with Gasteiger partial charge in [0.05, 0.1) is 30.6 Å². The van der Waals surface area contributed by atoms with E-state index in [1.165, 1.54) is 7.11 Å². The first-order chi connectivity index (χ1) is 11.8. The Hall–Kier alpha value is -1.65. The minimum absolute atomic E-state index is 0.0119. The lowest BCUT2D eigenvalue weighted by Gasteiger charge is -2.26. The van der Waals surface area contributed by atoms with Crippen LogP contribution in [0.3, 0.4) is 0 Å². The lowest BCUT2D eigenvalue weighted by Crippen LogP contribution is -2.31. The fourth-order valence-corrected chi connectivity index (χ4v) is 2.53. The van der Waals surface area contributed by atoms with Gasteiger partial charge < -0.3 is 18.9 Å². The van der Waals surface area contributed by atoms with Gasteiger partial charge in [-0.3, -0.25) is 9.59 Å². The molecule has 1 rings (SSSR count). The number of nitrogens with zero attached hydrogens (tertiary/aromatic N) is 1. The molecule has 1 aliphatic heterocycles. The number of carbonyl (C=O) groups excluding carboxylic acids is 2. The molecule has 3 atom stereocenters. The van der Waals surface area contributed by atoms with E-state index in [0.717, 1.165) is 0 Å². The first-order valence-corrected chi connectivity index (χ1v) is 8.68. The molecule has 0 saturated carbocycles. The van der Waals surface area contributed by atoms with Crippen LogP contribution in [0, 0.1) is 28.6 Å². The number of hydrogen-bond donors (Lipinski definition) is 0. The van der Waals surface area contributed by atoms with Crippen molar-refractivity contribution in [2.75, 3.05) is 33.5 Å². The largest absolute Gasteiger partial charge is 0.463 e. The summed E-state index contributed by atoms with van der Waals surface area (Å²) in [5, 5.41) is 9.45. The molecule has 0 aliphatic carbocycles. The number of hydrogen-bond acceptors (Lipinski definition) is 7. The highest BCUT2D eigenvalue weighted by atomic mass is 16.6. The molecule has 25 heavy (non-hydrogen) atoms. The molecule has 0 amide bonds. The van der Waals surface area contributed by atoms with E-state index in [4.69, 9.17) is 18.9 Å². The third kappa shape index (κ3) is 7.84. The average molecular weight is 355 g/mol. The molecule has 1 aliphatic rings. The summed E-state index contributed by atoms with van der Waals surface area (Å²) in [7, 11) is 1.54. The van der Waals surface area contributed by atoms with E-state index in [-0.39, 0.29) is 37.2 Å². The maximum absolute atomic E-state index is 12.2. The van der Waals surface area contributed by atoms with Crippen LogP contribution in [0.15, 0.2) is 0 Å². The summed E-state index contributed by atoms with van der Waals surface area (Å²) >= 11 is 0. The highest BCUT2D eigenvalue weighted by Gasteiger charge is 2.36. The molecule has 0 radical (unpaired) electrons. The molecule has 1 saturated heterocycles. The van der Waals surface area contributed by atoms with Gasteiger partial charge in [0, 0.05) is 13.0 Å². The summed E-state index contributed by atoms with van der Waals surface area (Å²) in [6.45, 7) is 6.81. The van der Waals surface area contributed by atoms with Crippen LogP contribution in [0.5, 0.6) is 0 Å². The van der Waals surface area contributed by atoms with Crippen molar-refractivity contribution in [1.82, 2.24) is 0 Å². The Morgan fingerprint density at radius 1 is 1.32 bits per heavy atom. The second-order valence-corrected chi connectivity index (χ2v) is 6.97. The summed E-state index contributed by atoms with van der Waals surface area (Å²) in [6, 6.07) is 2.21. The summed E-state index contributed by atoms with van der Waals surface area (Å²) < 4.78 is 20.3. The van der Waals surface area contributed by atoms with Crippen LogP contribution in [0.2, 0.25) is 0 Å². The number of carbonyl (C=O) groups is 2. The molecule has 0 aromatic rings. The van der Waals surface area contributed by atoms with Gasteiger partial charge in [0.1, 0.15) is 19.3 Å². The molecule has 142 valence electrons. The van der Waals surface area contributed by atoms with Crippen LogP contribution in [0.25, 0.3) is 0 Å². The van der Waals surface area contributed by atoms with E-state index in [9.17, 15) is 14.9 Å². The van der Waals surface area contributed by atoms with Crippen LogP contribution in [-0.2, 0) is 28.5 Å². The van der Waals surface area contributed by atoms with Gasteiger partial charge in [-0.2, -0.15) is 5.26 Å². The Kier molecular flexibility index (Phi) is 8.87. The normalized spacial score (nSPS) is 18.8. The van der Waals surface area contributed by atoms with Crippen LogP contribution in [0.1, 0.15) is 40.0 Å². The third-order valence-corrected chi connectivity index (χ3v) is 4.22. The second kappa shape index (κ2) is 10.4. The summed E-state index contributed by atoms with van der Waals surface area (Å²) in [6.07, 6.45) is 1.28. The van der Waals surface area contributed by atoms with E-state index in [1.807, 2.05) is 6.92 Å². The number of esters is 2. The number of methoxy groups -OCH3 is 1. The standard InChI is InChI=1S/C18H29NO6/c1-5-14(16(20)23-7-6-22-4)8-13(10-19)9-18(2,3)17(21)25-12-15-11-24-15/h13-15H,5-9,11-12H2,1-4H3. The Morgan fingerprint density at radius 2 is 2.00 bits per heavy atom. The summed E-state index contributed by atoms with van der Waals surface area (Å²) in [4.78, 5) is 24.3. The van der Waals surface area contributed by atoms with E-state index < -0.39 is 11.3 Å². The van der Waals surface area contributed by atoms with Crippen molar-refractivity contribution in [2.24, 2.45) is 17.3 Å². The van der Waals surface area contributed by atoms with Gasteiger partial charge in [0.25, 0.3) is 0 Å². The second-order valence-electron chi connectivity index (χ2n) is 6.97. The summed E-state index contributed by atoms with van der Waals surface area (Å²) in [5.74, 6) is -1.47. The quantitative estimate of drug-likeness (QED) is 0.300. The molecule has 3 unspecified atom stereocenters. The molecule has 0 aromatic carbocycles. The van der Waals surface area contributed by atoms with E-state index >= 15 is 0 Å². The average Bonchev–Trinajstić information content (AvgIpc) is 3.40. The van der Waals surface area contributed by atoms with E-state index in [0.29, 0.717) is 32.5 Å². The highest BCUT2D eigenvalue weighted by molar-refractivity contribution is 5.76. The predicted octanol–water partition coefficient (Wildman–Crippen LogP) is 2.09. The number of epoxide rings is 1. The predicted molar refractivity (Wildman–Crippen MR) is 89.4 cm³/mol. The fourth-order valence-electron chi connectivity index (χ4n) is 2.53. The first kappa shape index (κ1) is 21.4. The van der Waals surface area contributed by atoms with Crippen molar-refractivity contribution in [3.8, 4) is 6.07 Å². The van der Waals surface area contributed by atoms with Crippen molar-refractivity contribution in [3.05, 3.63) is 0 Å². The minimum Gasteiger partial charge on any atom is -0.463 e. The van der Waals surface area contributed by atoms with Crippen molar-refractivity contribution in [3.63, 3.8) is 0 Å². The Morgan fingerprint density at radius 3 is 2.52 bits per heavy atom. The lowest BCUT2D eigenvalue weighted by molar-refractivity contribution is -0.155. The molecular formula is C18H29NO6.